The van der Waals surface area contributed by atoms with Crippen LogP contribution in [-0.4, -0.2) is 29.2 Å². The van der Waals surface area contributed by atoms with Crippen LogP contribution >= 0.6 is 11.3 Å². The van der Waals surface area contributed by atoms with Gasteiger partial charge in [0.1, 0.15) is 5.75 Å². The Labute approximate surface area is 115 Å². The molecule has 2 N–H and O–H groups in total. The standard InChI is InChI=1S/C13H16N2O3S/c1-8(16)3-6-12(17)15-13-14-10-5-4-9(18-2)7-11(10)19-13/h4-5,7-8,16H,3,6H2,1-2H3,(H,14,15,17). The maximum Gasteiger partial charge on any atom is 0.226 e. The smallest absolute Gasteiger partial charge is 0.226 e. The second-order valence-corrected chi connectivity index (χ2v) is 5.32. The number of nitrogens with zero attached hydrogens (tertiary/aromatic N) is 1. The van der Waals surface area contributed by atoms with Crippen molar-refractivity contribution in [2.45, 2.75) is 25.9 Å². The fourth-order valence-electron chi connectivity index (χ4n) is 1.61. The number of benzene rings is 1. The van der Waals surface area contributed by atoms with Gasteiger partial charge in [0.05, 0.1) is 23.4 Å². The van der Waals surface area contributed by atoms with E-state index in [1.54, 1.807) is 14.0 Å². The second kappa shape index (κ2) is 5.99. The highest BCUT2D eigenvalue weighted by molar-refractivity contribution is 7.22. The molecular formula is C13H16N2O3S. The molecule has 1 atom stereocenters. The molecule has 102 valence electrons. The number of carbonyl (C=O) groups is 1. The molecule has 0 aliphatic rings. The summed E-state index contributed by atoms with van der Waals surface area (Å²) in [7, 11) is 1.61. The molecule has 0 saturated heterocycles. The Hall–Kier alpha value is -1.66. The number of fused-ring (bicyclic) bond motifs is 1. The average molecular weight is 280 g/mol. The highest BCUT2D eigenvalue weighted by Crippen LogP contribution is 2.29. The van der Waals surface area contributed by atoms with Gasteiger partial charge >= 0.3 is 0 Å². The Morgan fingerprint density at radius 2 is 2.37 bits per heavy atom. The summed E-state index contributed by atoms with van der Waals surface area (Å²) in [6.07, 6.45) is 0.270. The number of amides is 1. The molecule has 1 unspecified atom stereocenters. The molecule has 5 nitrogen and oxygen atoms in total. The van der Waals surface area contributed by atoms with E-state index < -0.39 is 6.10 Å². The predicted octanol–water partition coefficient (Wildman–Crippen LogP) is 2.40. The zero-order chi connectivity index (χ0) is 13.8. The third kappa shape index (κ3) is 3.65. The molecule has 2 rings (SSSR count). The molecule has 0 saturated carbocycles. The molecular weight excluding hydrogens is 264 g/mol. The van der Waals surface area contributed by atoms with Gasteiger partial charge in [-0.05, 0) is 31.5 Å². The summed E-state index contributed by atoms with van der Waals surface area (Å²) in [5.41, 5.74) is 0.830. The van der Waals surface area contributed by atoms with Crippen molar-refractivity contribution in [3.63, 3.8) is 0 Å². The predicted molar refractivity (Wildman–Crippen MR) is 75.7 cm³/mol. The van der Waals surface area contributed by atoms with Crippen LogP contribution in [0.25, 0.3) is 10.2 Å². The number of methoxy groups -OCH3 is 1. The van der Waals surface area contributed by atoms with Crippen LogP contribution in [-0.2, 0) is 4.79 Å². The number of hydrogen-bond donors (Lipinski definition) is 2. The molecule has 6 heteroatoms. The summed E-state index contributed by atoms with van der Waals surface area (Å²) in [6, 6.07) is 5.58. The van der Waals surface area contributed by atoms with Gasteiger partial charge in [0.2, 0.25) is 5.91 Å². The summed E-state index contributed by atoms with van der Waals surface area (Å²) in [4.78, 5) is 16.0. The maximum absolute atomic E-state index is 11.6. The molecule has 1 amide bonds. The summed E-state index contributed by atoms with van der Waals surface area (Å²) >= 11 is 1.40. The van der Waals surface area contributed by atoms with Gasteiger partial charge in [-0.2, -0.15) is 0 Å². The van der Waals surface area contributed by atoms with Crippen LogP contribution in [0.4, 0.5) is 5.13 Å². The Balaban J connectivity index is 2.06. The lowest BCUT2D eigenvalue weighted by atomic mass is 10.2. The molecule has 0 aliphatic heterocycles. The zero-order valence-corrected chi connectivity index (χ0v) is 11.7. The molecule has 0 fully saturated rings. The first kappa shape index (κ1) is 13.8. The summed E-state index contributed by atoms with van der Waals surface area (Å²) < 4.78 is 6.10. The van der Waals surface area contributed by atoms with Gasteiger partial charge in [-0.1, -0.05) is 11.3 Å². The molecule has 1 heterocycles. The number of hydrogen-bond acceptors (Lipinski definition) is 5. The first-order valence-corrected chi connectivity index (χ1v) is 6.82. The molecule has 1 aromatic heterocycles. The van der Waals surface area contributed by atoms with Crippen LogP contribution in [0.1, 0.15) is 19.8 Å². The van der Waals surface area contributed by atoms with E-state index in [0.717, 1.165) is 16.0 Å². The number of carbonyl (C=O) groups excluding carboxylic acids is 1. The molecule has 0 radical (unpaired) electrons. The van der Waals surface area contributed by atoms with Gasteiger partial charge in [-0.15, -0.1) is 0 Å². The van der Waals surface area contributed by atoms with Crippen LogP contribution in [0.3, 0.4) is 0 Å². The van der Waals surface area contributed by atoms with E-state index in [-0.39, 0.29) is 12.3 Å². The highest BCUT2D eigenvalue weighted by Gasteiger charge is 2.09. The SMILES string of the molecule is COc1ccc2nc(NC(=O)CCC(C)O)sc2c1. The maximum atomic E-state index is 11.6. The van der Waals surface area contributed by atoms with Crippen molar-refractivity contribution in [2.75, 3.05) is 12.4 Å². The van der Waals surface area contributed by atoms with Gasteiger partial charge in [0.15, 0.2) is 5.13 Å². The van der Waals surface area contributed by atoms with E-state index in [1.165, 1.54) is 11.3 Å². The van der Waals surface area contributed by atoms with Crippen LogP contribution in [0.15, 0.2) is 18.2 Å². The molecule has 1 aromatic carbocycles. The summed E-state index contributed by atoms with van der Waals surface area (Å²) in [6.45, 7) is 1.66. The van der Waals surface area contributed by atoms with Crippen LogP contribution in [0, 0.1) is 0 Å². The normalized spacial score (nSPS) is 12.4. The van der Waals surface area contributed by atoms with Crippen molar-refractivity contribution in [1.82, 2.24) is 4.98 Å². The lowest BCUT2D eigenvalue weighted by Gasteiger charge is -2.03. The second-order valence-electron chi connectivity index (χ2n) is 4.29. The molecule has 19 heavy (non-hydrogen) atoms. The first-order valence-electron chi connectivity index (χ1n) is 6.01. The first-order chi connectivity index (χ1) is 9.08. The Morgan fingerprint density at radius 1 is 1.58 bits per heavy atom. The molecule has 0 spiro atoms. The summed E-state index contributed by atoms with van der Waals surface area (Å²) in [5.74, 6) is 0.634. The fourth-order valence-corrected chi connectivity index (χ4v) is 2.52. The van der Waals surface area contributed by atoms with Crippen molar-refractivity contribution in [2.24, 2.45) is 0 Å². The van der Waals surface area contributed by atoms with E-state index in [4.69, 9.17) is 9.84 Å². The largest absolute Gasteiger partial charge is 0.497 e. The number of aliphatic hydroxyl groups is 1. The van der Waals surface area contributed by atoms with Gasteiger partial charge in [-0.3, -0.25) is 4.79 Å². The van der Waals surface area contributed by atoms with Gasteiger partial charge in [0, 0.05) is 6.42 Å². The number of nitrogens with one attached hydrogen (secondary N) is 1. The number of rotatable bonds is 5. The van der Waals surface area contributed by atoms with E-state index in [1.807, 2.05) is 18.2 Å². The summed E-state index contributed by atoms with van der Waals surface area (Å²) in [5, 5.41) is 12.4. The van der Waals surface area contributed by atoms with Gasteiger partial charge in [-0.25, -0.2) is 4.98 Å². The molecule has 0 bridgehead atoms. The monoisotopic (exact) mass is 280 g/mol. The number of aromatic nitrogens is 1. The van der Waals surface area contributed by atoms with Crippen LogP contribution < -0.4 is 10.1 Å². The Bertz CT molecular complexity index is 580. The van der Waals surface area contributed by atoms with Crippen molar-refractivity contribution >= 4 is 32.6 Å². The Kier molecular flexibility index (Phi) is 4.34. The molecule has 2 aromatic rings. The quantitative estimate of drug-likeness (QED) is 0.882. The minimum absolute atomic E-state index is 0.132. The topological polar surface area (TPSA) is 71.5 Å². The zero-order valence-electron chi connectivity index (χ0n) is 10.8. The lowest BCUT2D eigenvalue weighted by molar-refractivity contribution is -0.116. The Morgan fingerprint density at radius 3 is 3.05 bits per heavy atom. The fraction of sp³-hybridized carbons (Fsp3) is 0.385. The van der Waals surface area contributed by atoms with E-state index in [9.17, 15) is 4.79 Å². The van der Waals surface area contributed by atoms with Crippen molar-refractivity contribution < 1.29 is 14.6 Å². The van der Waals surface area contributed by atoms with Crippen LogP contribution in [0.2, 0.25) is 0 Å². The third-order valence-electron chi connectivity index (χ3n) is 2.63. The molecule has 0 aliphatic carbocycles. The van der Waals surface area contributed by atoms with Crippen molar-refractivity contribution in [3.8, 4) is 5.75 Å². The van der Waals surface area contributed by atoms with Gasteiger partial charge < -0.3 is 15.2 Å². The van der Waals surface area contributed by atoms with Crippen molar-refractivity contribution in [3.05, 3.63) is 18.2 Å². The lowest BCUT2D eigenvalue weighted by Crippen LogP contribution is -2.13. The van der Waals surface area contributed by atoms with E-state index in [2.05, 4.69) is 10.3 Å². The van der Waals surface area contributed by atoms with E-state index >= 15 is 0 Å². The van der Waals surface area contributed by atoms with Crippen molar-refractivity contribution in [1.29, 1.82) is 0 Å². The number of aliphatic hydroxyl groups excluding tert-OH is 1. The highest BCUT2D eigenvalue weighted by atomic mass is 32.1. The minimum atomic E-state index is -0.467. The number of thiazole rings is 1. The van der Waals surface area contributed by atoms with E-state index in [0.29, 0.717) is 11.6 Å². The minimum Gasteiger partial charge on any atom is -0.497 e. The van der Waals surface area contributed by atoms with Crippen LogP contribution in [0.5, 0.6) is 5.75 Å². The number of ether oxygens (including phenoxy) is 1. The van der Waals surface area contributed by atoms with Gasteiger partial charge in [0.25, 0.3) is 0 Å². The number of anilines is 1. The third-order valence-corrected chi connectivity index (χ3v) is 3.56. The average Bonchev–Trinajstić information content (AvgIpc) is 2.77.